The minimum atomic E-state index is -0.246. The Hall–Kier alpha value is -2.46. The van der Waals surface area contributed by atoms with E-state index < -0.39 is 0 Å². The Labute approximate surface area is 180 Å². The van der Waals surface area contributed by atoms with Gasteiger partial charge in [0.1, 0.15) is 11.6 Å². The predicted molar refractivity (Wildman–Crippen MR) is 123 cm³/mol. The second-order valence-electron chi connectivity index (χ2n) is 10.1. The Bertz CT molecular complexity index is 962. The highest BCUT2D eigenvalue weighted by Gasteiger charge is 2.32. The number of hydrogen-bond donors (Lipinski definition) is 1. The number of benzene rings is 2. The summed E-state index contributed by atoms with van der Waals surface area (Å²) in [5.74, 6) is 1.02. The fourth-order valence-electron chi connectivity index (χ4n) is 3.87. The normalized spacial score (nSPS) is 13.4. The van der Waals surface area contributed by atoms with Gasteiger partial charge in [0, 0.05) is 29.8 Å². The lowest BCUT2D eigenvalue weighted by Gasteiger charge is -2.33. The molecule has 0 bridgehead atoms. The molecule has 1 atom stereocenters. The topological polar surface area (TPSA) is 43.8 Å². The first-order valence-corrected chi connectivity index (χ1v) is 10.7. The first-order chi connectivity index (χ1) is 14.0. The first-order valence-electron chi connectivity index (χ1n) is 10.7. The molecule has 0 spiro atoms. The summed E-state index contributed by atoms with van der Waals surface area (Å²) in [6.45, 7) is 11.6. The molecule has 0 aliphatic carbocycles. The van der Waals surface area contributed by atoms with Crippen molar-refractivity contribution in [1.29, 1.82) is 0 Å². The monoisotopic (exact) mass is 407 g/mol. The Balaban J connectivity index is 2.06. The van der Waals surface area contributed by atoms with Crippen LogP contribution in [0.5, 0.6) is 0 Å². The molecule has 3 aromatic rings. The number of aromatic nitrogens is 2. The zero-order valence-electron chi connectivity index (χ0n) is 18.8. The fourth-order valence-corrected chi connectivity index (χ4v) is 3.87. The van der Waals surface area contributed by atoms with Crippen LogP contribution in [0.3, 0.4) is 0 Å². The Morgan fingerprint density at radius 1 is 1.00 bits per heavy atom. The molecule has 0 saturated carbocycles. The molecule has 0 aliphatic heterocycles. The molecule has 0 fully saturated rings. The average molecular weight is 408 g/mol. The molecule has 1 heterocycles. The summed E-state index contributed by atoms with van der Waals surface area (Å²) in [6.07, 6.45) is 3.91. The molecular weight excluding hydrogens is 373 g/mol. The molecule has 160 valence electrons. The molecule has 30 heavy (non-hydrogen) atoms. The second kappa shape index (κ2) is 8.73. The Kier molecular flexibility index (Phi) is 6.47. The molecule has 1 unspecified atom stereocenters. The summed E-state index contributed by atoms with van der Waals surface area (Å²) < 4.78 is 16.1. The van der Waals surface area contributed by atoms with Gasteiger partial charge < -0.3 is 10.3 Å². The highest BCUT2D eigenvalue weighted by Crippen LogP contribution is 2.40. The van der Waals surface area contributed by atoms with Crippen LogP contribution in [0, 0.1) is 11.2 Å². The molecule has 0 amide bonds. The summed E-state index contributed by atoms with van der Waals surface area (Å²) in [6, 6.07) is 17.0. The van der Waals surface area contributed by atoms with Gasteiger partial charge in [0.05, 0.1) is 5.69 Å². The maximum atomic E-state index is 13.9. The van der Waals surface area contributed by atoms with Crippen molar-refractivity contribution in [3.05, 3.63) is 78.0 Å². The van der Waals surface area contributed by atoms with Crippen LogP contribution in [0.4, 0.5) is 4.39 Å². The summed E-state index contributed by atoms with van der Waals surface area (Å²) >= 11 is 0. The quantitative estimate of drug-likeness (QED) is 0.493. The van der Waals surface area contributed by atoms with E-state index in [0.717, 1.165) is 36.5 Å². The standard InChI is InChI=1S/C26H34FN3/c1-25(2,3)22(14-15-26(4,5)28)24-29-23(20-12-9-13-21(27)16-20)18-30(24)17-19-10-7-6-8-11-19/h6-13,16,18,22H,14-15,17,28H2,1-5H3. The lowest BCUT2D eigenvalue weighted by atomic mass is 9.75. The van der Waals surface area contributed by atoms with Crippen molar-refractivity contribution in [2.45, 2.75) is 65.5 Å². The molecule has 2 aromatic carbocycles. The maximum Gasteiger partial charge on any atom is 0.123 e. The number of halogens is 1. The van der Waals surface area contributed by atoms with E-state index in [1.54, 1.807) is 12.1 Å². The number of rotatable bonds is 7. The highest BCUT2D eigenvalue weighted by atomic mass is 19.1. The lowest BCUT2D eigenvalue weighted by molar-refractivity contribution is 0.266. The highest BCUT2D eigenvalue weighted by molar-refractivity contribution is 5.58. The summed E-state index contributed by atoms with van der Waals surface area (Å²) in [4.78, 5) is 5.04. The summed E-state index contributed by atoms with van der Waals surface area (Å²) in [5.41, 5.74) is 8.92. The van der Waals surface area contributed by atoms with Crippen LogP contribution >= 0.6 is 0 Å². The molecule has 4 heteroatoms. The van der Waals surface area contributed by atoms with Gasteiger partial charge in [-0.2, -0.15) is 0 Å². The third-order valence-electron chi connectivity index (χ3n) is 5.56. The van der Waals surface area contributed by atoms with Crippen LogP contribution in [0.25, 0.3) is 11.3 Å². The minimum absolute atomic E-state index is 0.0181. The molecule has 0 saturated heterocycles. The smallest absolute Gasteiger partial charge is 0.123 e. The van der Waals surface area contributed by atoms with Gasteiger partial charge in [0.15, 0.2) is 0 Å². The summed E-state index contributed by atoms with van der Waals surface area (Å²) in [5, 5.41) is 0. The van der Waals surface area contributed by atoms with Gasteiger partial charge in [0.2, 0.25) is 0 Å². The van der Waals surface area contributed by atoms with Crippen LogP contribution in [0.2, 0.25) is 0 Å². The molecular formula is C26H34FN3. The fraction of sp³-hybridized carbons (Fsp3) is 0.423. The van der Waals surface area contributed by atoms with E-state index in [4.69, 9.17) is 10.7 Å². The van der Waals surface area contributed by atoms with E-state index in [2.05, 4.69) is 69.6 Å². The largest absolute Gasteiger partial charge is 0.330 e. The van der Waals surface area contributed by atoms with Gasteiger partial charge in [-0.1, -0.05) is 63.2 Å². The van der Waals surface area contributed by atoms with Gasteiger partial charge in [-0.3, -0.25) is 0 Å². The average Bonchev–Trinajstić information content (AvgIpc) is 3.04. The number of imidazole rings is 1. The van der Waals surface area contributed by atoms with E-state index in [1.807, 2.05) is 12.1 Å². The SMILES string of the molecule is CC(C)(N)CCC(c1nc(-c2cccc(F)c2)cn1Cc1ccccc1)C(C)(C)C. The maximum absolute atomic E-state index is 13.9. The molecule has 2 N–H and O–H groups in total. The van der Waals surface area contributed by atoms with Crippen LogP contribution < -0.4 is 5.73 Å². The summed E-state index contributed by atoms with van der Waals surface area (Å²) in [7, 11) is 0. The molecule has 0 radical (unpaired) electrons. The third-order valence-corrected chi connectivity index (χ3v) is 5.56. The number of nitrogens with zero attached hydrogens (tertiary/aromatic N) is 2. The lowest BCUT2D eigenvalue weighted by Crippen LogP contribution is -2.33. The van der Waals surface area contributed by atoms with Crippen molar-refractivity contribution in [3.8, 4) is 11.3 Å². The van der Waals surface area contributed by atoms with Crippen molar-refractivity contribution in [3.63, 3.8) is 0 Å². The van der Waals surface area contributed by atoms with E-state index in [-0.39, 0.29) is 22.7 Å². The molecule has 3 rings (SSSR count). The van der Waals surface area contributed by atoms with Crippen LogP contribution in [0.15, 0.2) is 60.8 Å². The second-order valence-corrected chi connectivity index (χ2v) is 10.1. The van der Waals surface area contributed by atoms with Gasteiger partial charge in [-0.05, 0) is 49.8 Å². The van der Waals surface area contributed by atoms with E-state index >= 15 is 0 Å². The first kappa shape index (κ1) is 22.2. The van der Waals surface area contributed by atoms with Gasteiger partial charge in [-0.25, -0.2) is 9.37 Å². The number of nitrogens with two attached hydrogens (primary N) is 1. The molecule has 0 aliphatic rings. The van der Waals surface area contributed by atoms with E-state index in [0.29, 0.717) is 0 Å². The van der Waals surface area contributed by atoms with Gasteiger partial charge >= 0.3 is 0 Å². The third kappa shape index (κ3) is 5.79. The van der Waals surface area contributed by atoms with Crippen molar-refractivity contribution < 1.29 is 4.39 Å². The van der Waals surface area contributed by atoms with Crippen LogP contribution in [-0.4, -0.2) is 15.1 Å². The molecule has 3 nitrogen and oxygen atoms in total. The zero-order chi connectivity index (χ0) is 21.9. The zero-order valence-corrected chi connectivity index (χ0v) is 18.8. The Morgan fingerprint density at radius 2 is 1.70 bits per heavy atom. The number of hydrogen-bond acceptors (Lipinski definition) is 2. The Morgan fingerprint density at radius 3 is 2.30 bits per heavy atom. The van der Waals surface area contributed by atoms with Crippen molar-refractivity contribution in [2.75, 3.05) is 0 Å². The van der Waals surface area contributed by atoms with Gasteiger partial charge in [0.25, 0.3) is 0 Å². The molecule has 1 aromatic heterocycles. The van der Waals surface area contributed by atoms with Crippen molar-refractivity contribution in [2.24, 2.45) is 11.1 Å². The van der Waals surface area contributed by atoms with Crippen molar-refractivity contribution in [1.82, 2.24) is 9.55 Å². The van der Waals surface area contributed by atoms with E-state index in [9.17, 15) is 4.39 Å². The van der Waals surface area contributed by atoms with Crippen LogP contribution in [0.1, 0.15) is 64.8 Å². The minimum Gasteiger partial charge on any atom is -0.330 e. The predicted octanol–water partition coefficient (Wildman–Crippen LogP) is 6.38. The van der Waals surface area contributed by atoms with Crippen LogP contribution in [-0.2, 0) is 6.54 Å². The van der Waals surface area contributed by atoms with Gasteiger partial charge in [-0.15, -0.1) is 0 Å². The van der Waals surface area contributed by atoms with E-state index in [1.165, 1.54) is 11.6 Å². The van der Waals surface area contributed by atoms with Crippen molar-refractivity contribution >= 4 is 0 Å².